The third kappa shape index (κ3) is 3.30. The lowest BCUT2D eigenvalue weighted by Gasteiger charge is -2.33. The van der Waals surface area contributed by atoms with Crippen LogP contribution in [0.15, 0.2) is 18.3 Å². The summed E-state index contributed by atoms with van der Waals surface area (Å²) in [6.45, 7) is 5.18. The predicted octanol–water partition coefficient (Wildman–Crippen LogP) is 1.88. The highest BCUT2D eigenvalue weighted by atomic mass is 16.5. The van der Waals surface area contributed by atoms with Crippen molar-refractivity contribution in [3.8, 4) is 0 Å². The molecule has 2 N–H and O–H groups in total. The number of nitrogens with one attached hydrogen (secondary N) is 1. The average molecular weight is 291 g/mol. The Morgan fingerprint density at radius 2 is 2.19 bits per heavy atom. The van der Waals surface area contributed by atoms with Crippen LogP contribution in [0.25, 0.3) is 0 Å². The summed E-state index contributed by atoms with van der Waals surface area (Å²) in [5, 5.41) is 12.9. The van der Waals surface area contributed by atoms with E-state index >= 15 is 0 Å². The van der Waals surface area contributed by atoms with E-state index in [2.05, 4.69) is 28.2 Å². The number of aliphatic hydroxyl groups is 1. The molecule has 3 rings (SSSR count). The number of ether oxygens (including phenoxy) is 1. The van der Waals surface area contributed by atoms with Gasteiger partial charge in [0, 0.05) is 32.5 Å². The van der Waals surface area contributed by atoms with Crippen molar-refractivity contribution < 1.29 is 9.84 Å². The summed E-state index contributed by atoms with van der Waals surface area (Å²) in [4.78, 5) is 6.91. The van der Waals surface area contributed by atoms with Crippen LogP contribution in [0.2, 0.25) is 0 Å². The van der Waals surface area contributed by atoms with Crippen molar-refractivity contribution in [3.63, 3.8) is 0 Å². The van der Waals surface area contributed by atoms with Gasteiger partial charge in [0.2, 0.25) is 0 Å². The molecule has 0 radical (unpaired) electrons. The zero-order chi connectivity index (χ0) is 14.7. The molecule has 2 aliphatic rings. The summed E-state index contributed by atoms with van der Waals surface area (Å²) >= 11 is 0. The summed E-state index contributed by atoms with van der Waals surface area (Å²) < 4.78 is 5.63. The van der Waals surface area contributed by atoms with Gasteiger partial charge in [0.25, 0.3) is 0 Å². The lowest BCUT2D eigenvalue weighted by molar-refractivity contribution is 0.121. The fourth-order valence-electron chi connectivity index (χ4n) is 3.21. The van der Waals surface area contributed by atoms with Crippen LogP contribution in [0, 0.1) is 5.92 Å². The summed E-state index contributed by atoms with van der Waals surface area (Å²) in [6.07, 6.45) is 5.22. The minimum absolute atomic E-state index is 0.248. The van der Waals surface area contributed by atoms with Gasteiger partial charge in [0.15, 0.2) is 5.82 Å². The zero-order valence-electron chi connectivity index (χ0n) is 12.7. The molecule has 1 aromatic rings. The molecule has 0 saturated carbocycles. The molecule has 2 fully saturated rings. The summed E-state index contributed by atoms with van der Waals surface area (Å²) in [5.41, 5.74) is 1.10. The van der Waals surface area contributed by atoms with Crippen molar-refractivity contribution in [3.05, 3.63) is 18.3 Å². The van der Waals surface area contributed by atoms with Crippen LogP contribution in [0.3, 0.4) is 0 Å². The second-order valence-corrected chi connectivity index (χ2v) is 6.10. The van der Waals surface area contributed by atoms with Crippen LogP contribution >= 0.6 is 0 Å². The van der Waals surface area contributed by atoms with Gasteiger partial charge in [0.1, 0.15) is 0 Å². The Labute approximate surface area is 126 Å². The van der Waals surface area contributed by atoms with Gasteiger partial charge in [0.05, 0.1) is 17.8 Å². The Hall–Kier alpha value is -1.33. The molecule has 0 spiro atoms. The fraction of sp³-hybridized carbons (Fsp3) is 0.688. The molecule has 3 heterocycles. The van der Waals surface area contributed by atoms with Gasteiger partial charge in [-0.1, -0.05) is 0 Å². The lowest BCUT2D eigenvalue weighted by atomic mass is 9.98. The van der Waals surface area contributed by atoms with Crippen LogP contribution in [0.4, 0.5) is 11.5 Å². The number of hydrogen-bond acceptors (Lipinski definition) is 5. The van der Waals surface area contributed by atoms with E-state index in [0.717, 1.165) is 50.5 Å². The Morgan fingerprint density at radius 3 is 2.86 bits per heavy atom. The summed E-state index contributed by atoms with van der Waals surface area (Å²) in [7, 11) is 0. The number of rotatable bonds is 4. The first-order valence-electron chi connectivity index (χ1n) is 7.97. The molecule has 1 aromatic heterocycles. The minimum atomic E-state index is 0.248. The molecule has 2 atom stereocenters. The molecule has 2 saturated heterocycles. The van der Waals surface area contributed by atoms with Gasteiger partial charge in [-0.3, -0.25) is 0 Å². The molecular weight excluding hydrogens is 266 g/mol. The molecule has 0 aromatic carbocycles. The van der Waals surface area contributed by atoms with E-state index in [1.807, 2.05) is 12.3 Å². The highest BCUT2D eigenvalue weighted by molar-refractivity contribution is 5.66. The average Bonchev–Trinajstić information content (AvgIpc) is 2.93. The van der Waals surface area contributed by atoms with E-state index in [4.69, 9.17) is 4.74 Å². The van der Waals surface area contributed by atoms with E-state index in [9.17, 15) is 5.11 Å². The molecule has 0 amide bonds. The second-order valence-electron chi connectivity index (χ2n) is 6.10. The third-order valence-corrected chi connectivity index (χ3v) is 4.68. The number of hydrogen-bond donors (Lipinski definition) is 2. The Bertz CT molecular complexity index is 461. The number of piperidine rings is 1. The Kier molecular flexibility index (Phi) is 4.60. The first-order valence-corrected chi connectivity index (χ1v) is 7.97. The quantitative estimate of drug-likeness (QED) is 0.887. The highest BCUT2D eigenvalue weighted by Crippen LogP contribution is 2.29. The van der Waals surface area contributed by atoms with Crippen molar-refractivity contribution in [2.75, 3.05) is 36.5 Å². The fourth-order valence-corrected chi connectivity index (χ4v) is 3.21. The van der Waals surface area contributed by atoms with E-state index in [0.29, 0.717) is 18.6 Å². The monoisotopic (exact) mass is 291 g/mol. The van der Waals surface area contributed by atoms with Crippen LogP contribution in [0.5, 0.6) is 0 Å². The smallest absolute Gasteiger partial charge is 0.151 e. The third-order valence-electron chi connectivity index (χ3n) is 4.68. The normalized spacial score (nSPS) is 27.0. The number of pyridine rings is 1. The molecule has 21 heavy (non-hydrogen) atoms. The molecule has 5 heteroatoms. The SMILES string of the molecule is C[C@@H]1OCC[C@H]1Nc1cccnc1N1CCC(CO)CC1. The van der Waals surface area contributed by atoms with Crippen molar-refractivity contribution >= 4 is 11.5 Å². The standard InChI is InChI=1S/C16H25N3O2/c1-12-14(6-10-21-12)18-15-3-2-7-17-16(15)19-8-4-13(11-20)5-9-19/h2-3,7,12-14,18,20H,4-6,8-11H2,1H3/t12-,14+/m0/s1. The number of nitrogens with zero attached hydrogens (tertiary/aromatic N) is 2. The molecule has 116 valence electrons. The van der Waals surface area contributed by atoms with E-state index in [1.165, 1.54) is 0 Å². The Balaban J connectivity index is 1.70. The molecule has 0 unspecified atom stereocenters. The van der Waals surface area contributed by atoms with Crippen LogP contribution < -0.4 is 10.2 Å². The topological polar surface area (TPSA) is 57.6 Å². The van der Waals surface area contributed by atoms with Crippen LogP contribution in [-0.4, -0.2) is 48.5 Å². The first kappa shape index (κ1) is 14.6. The van der Waals surface area contributed by atoms with Crippen LogP contribution in [0.1, 0.15) is 26.2 Å². The van der Waals surface area contributed by atoms with Gasteiger partial charge in [-0.05, 0) is 44.2 Å². The molecule has 2 aliphatic heterocycles. The van der Waals surface area contributed by atoms with Gasteiger partial charge in [-0.15, -0.1) is 0 Å². The lowest BCUT2D eigenvalue weighted by Crippen LogP contribution is -2.36. The largest absolute Gasteiger partial charge is 0.396 e. The van der Waals surface area contributed by atoms with Gasteiger partial charge in [-0.2, -0.15) is 0 Å². The number of aliphatic hydroxyl groups excluding tert-OH is 1. The maximum atomic E-state index is 9.26. The van der Waals surface area contributed by atoms with Crippen molar-refractivity contribution in [2.45, 2.75) is 38.3 Å². The van der Waals surface area contributed by atoms with E-state index in [-0.39, 0.29) is 6.10 Å². The van der Waals surface area contributed by atoms with Crippen LogP contribution in [-0.2, 0) is 4.74 Å². The summed E-state index contributed by atoms with van der Waals surface area (Å²) in [5.74, 6) is 1.48. The maximum Gasteiger partial charge on any atom is 0.151 e. The molecular formula is C16H25N3O2. The van der Waals surface area contributed by atoms with Crippen molar-refractivity contribution in [1.82, 2.24) is 4.98 Å². The molecule has 0 bridgehead atoms. The Morgan fingerprint density at radius 1 is 1.38 bits per heavy atom. The first-order chi connectivity index (χ1) is 10.3. The van der Waals surface area contributed by atoms with E-state index in [1.54, 1.807) is 0 Å². The van der Waals surface area contributed by atoms with Gasteiger partial charge < -0.3 is 20.1 Å². The van der Waals surface area contributed by atoms with Crippen molar-refractivity contribution in [1.29, 1.82) is 0 Å². The number of anilines is 2. The number of aromatic nitrogens is 1. The molecule has 5 nitrogen and oxygen atoms in total. The zero-order valence-corrected chi connectivity index (χ0v) is 12.7. The minimum Gasteiger partial charge on any atom is -0.396 e. The maximum absolute atomic E-state index is 9.26. The van der Waals surface area contributed by atoms with Crippen molar-refractivity contribution in [2.24, 2.45) is 5.92 Å². The van der Waals surface area contributed by atoms with Gasteiger partial charge in [-0.25, -0.2) is 4.98 Å². The second kappa shape index (κ2) is 6.62. The molecule has 0 aliphatic carbocycles. The van der Waals surface area contributed by atoms with Gasteiger partial charge >= 0.3 is 0 Å². The highest BCUT2D eigenvalue weighted by Gasteiger charge is 2.26. The van der Waals surface area contributed by atoms with E-state index < -0.39 is 0 Å². The predicted molar refractivity (Wildman–Crippen MR) is 83.7 cm³/mol. The summed E-state index contributed by atoms with van der Waals surface area (Å²) in [6, 6.07) is 4.45.